The van der Waals surface area contributed by atoms with Crippen LogP contribution in [0.1, 0.15) is 46.0 Å². The molecule has 0 aromatic heterocycles. The van der Waals surface area contributed by atoms with Gasteiger partial charge in [0.25, 0.3) is 0 Å². The Hall–Kier alpha value is -1.10. The van der Waals surface area contributed by atoms with Crippen molar-refractivity contribution in [1.29, 1.82) is 0 Å². The van der Waals surface area contributed by atoms with Crippen LogP contribution in [0.2, 0.25) is 0 Å². The molecule has 1 amide bonds. The fraction of sp³-hybridized carbons (Fsp3) is 0.833. The summed E-state index contributed by atoms with van der Waals surface area (Å²) in [7, 11) is 0. The van der Waals surface area contributed by atoms with Gasteiger partial charge in [-0.2, -0.15) is 0 Å². The maximum absolute atomic E-state index is 11.8. The molecule has 0 radical (unpaired) electrons. The number of hydrogen-bond acceptors (Lipinski definition) is 3. The second-order valence-electron chi connectivity index (χ2n) is 5.37. The Morgan fingerprint density at radius 1 is 1.35 bits per heavy atom. The van der Waals surface area contributed by atoms with Crippen LogP contribution in [0.15, 0.2) is 0 Å². The van der Waals surface area contributed by atoms with Gasteiger partial charge in [-0.05, 0) is 18.8 Å². The normalized spacial score (nSPS) is 20.2. The van der Waals surface area contributed by atoms with Crippen molar-refractivity contribution in [3.05, 3.63) is 0 Å². The molecule has 0 saturated heterocycles. The lowest BCUT2D eigenvalue weighted by Crippen LogP contribution is -2.48. The lowest BCUT2D eigenvalue weighted by atomic mass is 9.94. The van der Waals surface area contributed by atoms with Crippen LogP contribution in [-0.4, -0.2) is 28.6 Å². The molecular weight excluding hydrogens is 220 g/mol. The first-order chi connectivity index (χ1) is 7.84. The Balaban J connectivity index is 2.50. The summed E-state index contributed by atoms with van der Waals surface area (Å²) in [4.78, 5) is 22.7. The summed E-state index contributed by atoms with van der Waals surface area (Å²) in [5.74, 6) is -1.38. The summed E-state index contributed by atoms with van der Waals surface area (Å²) in [5.41, 5.74) is 5.65. The lowest BCUT2D eigenvalue weighted by Gasteiger charge is -2.25. The highest BCUT2D eigenvalue weighted by atomic mass is 16.4. The second kappa shape index (κ2) is 5.49. The first-order valence-electron chi connectivity index (χ1n) is 6.15. The van der Waals surface area contributed by atoms with E-state index in [1.165, 1.54) is 0 Å². The molecule has 1 aliphatic carbocycles. The van der Waals surface area contributed by atoms with Gasteiger partial charge in [-0.1, -0.05) is 26.7 Å². The monoisotopic (exact) mass is 242 g/mol. The van der Waals surface area contributed by atoms with Crippen LogP contribution in [0.5, 0.6) is 0 Å². The van der Waals surface area contributed by atoms with Gasteiger partial charge in [0, 0.05) is 12.0 Å². The molecular formula is C12H22N2O3. The zero-order chi connectivity index (χ0) is 13.1. The maximum atomic E-state index is 11.8. The molecule has 0 aromatic carbocycles. The van der Waals surface area contributed by atoms with Crippen molar-refractivity contribution in [1.82, 2.24) is 5.32 Å². The summed E-state index contributed by atoms with van der Waals surface area (Å²) in [5, 5.41) is 11.5. The van der Waals surface area contributed by atoms with Crippen molar-refractivity contribution in [2.24, 2.45) is 11.7 Å². The highest BCUT2D eigenvalue weighted by Crippen LogP contribution is 2.29. The number of nitrogens with two attached hydrogens (primary N) is 1. The predicted molar refractivity (Wildman–Crippen MR) is 64.4 cm³/mol. The molecule has 5 heteroatoms. The number of carbonyl (C=O) groups excluding carboxylic acids is 1. The van der Waals surface area contributed by atoms with Gasteiger partial charge < -0.3 is 16.2 Å². The van der Waals surface area contributed by atoms with Gasteiger partial charge in [-0.25, -0.2) is 4.79 Å². The van der Waals surface area contributed by atoms with Gasteiger partial charge in [0.1, 0.15) is 6.04 Å². The number of nitrogens with one attached hydrogen (secondary N) is 1. The summed E-state index contributed by atoms with van der Waals surface area (Å²) in [6, 6.07) is -0.826. The number of carbonyl (C=O) groups is 2. The first-order valence-corrected chi connectivity index (χ1v) is 6.15. The molecule has 98 valence electrons. The molecule has 0 heterocycles. The van der Waals surface area contributed by atoms with Gasteiger partial charge in [0.15, 0.2) is 0 Å². The van der Waals surface area contributed by atoms with Crippen molar-refractivity contribution in [2.45, 2.75) is 57.5 Å². The number of rotatable bonds is 5. The van der Waals surface area contributed by atoms with Gasteiger partial charge in [0.05, 0.1) is 0 Å². The smallest absolute Gasteiger partial charge is 0.326 e. The van der Waals surface area contributed by atoms with E-state index < -0.39 is 17.6 Å². The van der Waals surface area contributed by atoms with Gasteiger partial charge in [-0.3, -0.25) is 4.79 Å². The molecule has 1 rings (SSSR count). The van der Waals surface area contributed by atoms with E-state index in [0.29, 0.717) is 0 Å². The van der Waals surface area contributed by atoms with E-state index in [2.05, 4.69) is 5.32 Å². The largest absolute Gasteiger partial charge is 0.480 e. The van der Waals surface area contributed by atoms with Crippen LogP contribution in [0, 0.1) is 5.92 Å². The average molecular weight is 242 g/mol. The van der Waals surface area contributed by atoms with E-state index in [1.807, 2.05) is 0 Å². The van der Waals surface area contributed by atoms with E-state index in [4.69, 9.17) is 10.8 Å². The third-order valence-corrected chi connectivity index (χ3v) is 3.36. The average Bonchev–Trinajstić information content (AvgIpc) is 2.60. The summed E-state index contributed by atoms with van der Waals surface area (Å²) < 4.78 is 0. The molecule has 17 heavy (non-hydrogen) atoms. The third kappa shape index (κ3) is 4.00. The summed E-state index contributed by atoms with van der Waals surface area (Å²) >= 11 is 0. The van der Waals surface area contributed by atoms with Crippen LogP contribution in [0.4, 0.5) is 0 Å². The Morgan fingerprint density at radius 3 is 2.29 bits per heavy atom. The van der Waals surface area contributed by atoms with Crippen molar-refractivity contribution < 1.29 is 14.7 Å². The van der Waals surface area contributed by atoms with Crippen molar-refractivity contribution in [2.75, 3.05) is 0 Å². The van der Waals surface area contributed by atoms with Gasteiger partial charge in [0.2, 0.25) is 5.91 Å². The standard InChI is InChI=1S/C12H22N2O3/c1-8(2)10(11(16)17)14-9(15)7-12(13)5-3-4-6-12/h8,10H,3-7,13H2,1-2H3,(H,14,15)(H,16,17)/t10-/m0/s1. The molecule has 0 bridgehead atoms. The maximum Gasteiger partial charge on any atom is 0.326 e. The second-order valence-corrected chi connectivity index (χ2v) is 5.37. The zero-order valence-electron chi connectivity index (χ0n) is 10.5. The molecule has 0 aliphatic heterocycles. The van der Waals surface area contributed by atoms with E-state index >= 15 is 0 Å². The van der Waals surface area contributed by atoms with Crippen LogP contribution < -0.4 is 11.1 Å². The van der Waals surface area contributed by atoms with Gasteiger partial charge in [-0.15, -0.1) is 0 Å². The van der Waals surface area contributed by atoms with Crippen LogP contribution in [0.3, 0.4) is 0 Å². The van der Waals surface area contributed by atoms with Crippen molar-refractivity contribution in [3.63, 3.8) is 0 Å². The minimum absolute atomic E-state index is 0.131. The highest BCUT2D eigenvalue weighted by molar-refractivity contribution is 5.84. The van der Waals surface area contributed by atoms with E-state index in [-0.39, 0.29) is 18.2 Å². The van der Waals surface area contributed by atoms with E-state index in [0.717, 1.165) is 25.7 Å². The molecule has 0 spiro atoms. The Bertz CT molecular complexity index is 296. The van der Waals surface area contributed by atoms with Crippen molar-refractivity contribution in [3.8, 4) is 0 Å². The Morgan fingerprint density at radius 2 is 1.88 bits per heavy atom. The molecule has 1 saturated carbocycles. The number of carboxylic acid groups (broad SMARTS) is 1. The quantitative estimate of drug-likeness (QED) is 0.667. The summed E-state index contributed by atoms with van der Waals surface area (Å²) in [6.07, 6.45) is 4.02. The van der Waals surface area contributed by atoms with Crippen LogP contribution in [0.25, 0.3) is 0 Å². The number of amides is 1. The molecule has 4 N–H and O–H groups in total. The lowest BCUT2D eigenvalue weighted by molar-refractivity contribution is -0.143. The molecule has 0 unspecified atom stereocenters. The number of carboxylic acids is 1. The fourth-order valence-corrected chi connectivity index (χ4v) is 2.31. The Kier molecular flexibility index (Phi) is 4.51. The molecule has 1 aliphatic rings. The highest BCUT2D eigenvalue weighted by Gasteiger charge is 2.33. The molecule has 5 nitrogen and oxygen atoms in total. The molecule has 1 atom stereocenters. The van der Waals surface area contributed by atoms with Gasteiger partial charge >= 0.3 is 5.97 Å². The predicted octanol–water partition coefficient (Wildman–Crippen LogP) is 0.873. The first kappa shape index (κ1) is 14.0. The van der Waals surface area contributed by atoms with Crippen LogP contribution in [-0.2, 0) is 9.59 Å². The summed E-state index contributed by atoms with van der Waals surface area (Å²) in [6.45, 7) is 3.54. The van der Waals surface area contributed by atoms with Crippen LogP contribution >= 0.6 is 0 Å². The minimum atomic E-state index is -0.995. The third-order valence-electron chi connectivity index (χ3n) is 3.36. The molecule has 0 aromatic rings. The number of hydrogen-bond donors (Lipinski definition) is 3. The zero-order valence-corrected chi connectivity index (χ0v) is 10.5. The fourth-order valence-electron chi connectivity index (χ4n) is 2.31. The van der Waals surface area contributed by atoms with Crippen molar-refractivity contribution >= 4 is 11.9 Å². The topological polar surface area (TPSA) is 92.4 Å². The number of aliphatic carboxylic acids is 1. The van der Waals surface area contributed by atoms with E-state index in [9.17, 15) is 9.59 Å². The van der Waals surface area contributed by atoms with E-state index in [1.54, 1.807) is 13.8 Å². The SMILES string of the molecule is CC(C)[C@H](NC(=O)CC1(N)CCCC1)C(=O)O. The minimum Gasteiger partial charge on any atom is -0.480 e. The Labute approximate surface area is 102 Å². The molecule has 1 fully saturated rings.